The normalized spacial score (nSPS) is 16.3. The molecule has 0 aliphatic carbocycles. The molecule has 0 bridgehead atoms. The van der Waals surface area contributed by atoms with Gasteiger partial charge in [-0.05, 0) is 38.5 Å². The highest BCUT2D eigenvalue weighted by atomic mass is 16.2. The number of hydrogen-bond donors (Lipinski definition) is 1. The van der Waals surface area contributed by atoms with Crippen LogP contribution in [0.1, 0.15) is 17.8 Å². The van der Waals surface area contributed by atoms with Gasteiger partial charge >= 0.3 is 0 Å². The summed E-state index contributed by atoms with van der Waals surface area (Å²) in [7, 11) is 2.13. The molecular weight excluding hydrogens is 328 g/mol. The van der Waals surface area contributed by atoms with E-state index in [1.165, 1.54) is 5.56 Å². The lowest BCUT2D eigenvalue weighted by Crippen LogP contribution is -2.39. The number of aromatic nitrogens is 3. The molecule has 7 heteroatoms. The van der Waals surface area contributed by atoms with Gasteiger partial charge < -0.3 is 14.8 Å². The fourth-order valence-corrected chi connectivity index (χ4v) is 3.19. The Morgan fingerprint density at radius 2 is 2.00 bits per heavy atom. The standard InChI is InChI=1S/C19H28N6O/c1-23-9-5-10-24(13-12-23)15-19(26)20-14-18-22-21-16-25(18)11-8-17-6-3-2-4-7-17/h2-4,6-7,16H,5,8-15H2,1H3,(H,20,26). The molecule has 3 rings (SSSR count). The van der Waals surface area contributed by atoms with Crippen molar-refractivity contribution in [2.45, 2.75) is 25.9 Å². The molecule has 2 heterocycles. The maximum Gasteiger partial charge on any atom is 0.234 e. The van der Waals surface area contributed by atoms with Crippen LogP contribution in [0.25, 0.3) is 0 Å². The molecular formula is C19H28N6O. The maximum atomic E-state index is 12.3. The number of benzene rings is 1. The number of aryl methyl sites for hydroxylation is 2. The van der Waals surface area contributed by atoms with E-state index < -0.39 is 0 Å². The first-order chi connectivity index (χ1) is 12.7. The zero-order valence-electron chi connectivity index (χ0n) is 15.5. The number of nitrogens with zero attached hydrogens (tertiary/aromatic N) is 5. The molecule has 0 atom stereocenters. The first kappa shape index (κ1) is 18.5. The molecule has 1 aromatic carbocycles. The minimum absolute atomic E-state index is 0.0483. The third-order valence-electron chi connectivity index (χ3n) is 4.80. The predicted octanol–water partition coefficient (Wildman–Crippen LogP) is 0.775. The van der Waals surface area contributed by atoms with Crippen molar-refractivity contribution in [3.05, 3.63) is 48.0 Å². The number of carbonyl (C=O) groups excluding carboxylic acids is 1. The van der Waals surface area contributed by atoms with Crippen molar-refractivity contribution in [2.75, 3.05) is 39.8 Å². The second-order valence-corrected chi connectivity index (χ2v) is 6.89. The molecule has 0 saturated carbocycles. The molecule has 0 unspecified atom stereocenters. The molecule has 140 valence electrons. The molecule has 1 amide bonds. The van der Waals surface area contributed by atoms with Crippen LogP contribution < -0.4 is 5.32 Å². The number of likely N-dealkylation sites (N-methyl/N-ethyl adjacent to an activating group) is 1. The maximum absolute atomic E-state index is 12.3. The van der Waals surface area contributed by atoms with Crippen molar-refractivity contribution < 1.29 is 4.79 Å². The van der Waals surface area contributed by atoms with Crippen molar-refractivity contribution in [1.82, 2.24) is 29.9 Å². The first-order valence-electron chi connectivity index (χ1n) is 9.29. The average molecular weight is 356 g/mol. The van der Waals surface area contributed by atoms with Gasteiger partial charge in [0, 0.05) is 19.6 Å². The Hall–Kier alpha value is -2.25. The summed E-state index contributed by atoms with van der Waals surface area (Å²) in [4.78, 5) is 16.8. The van der Waals surface area contributed by atoms with E-state index in [0.717, 1.165) is 51.4 Å². The zero-order chi connectivity index (χ0) is 18.2. The molecule has 0 spiro atoms. The van der Waals surface area contributed by atoms with E-state index in [2.05, 4.69) is 44.5 Å². The lowest BCUT2D eigenvalue weighted by molar-refractivity contribution is -0.122. The molecule has 1 N–H and O–H groups in total. The monoisotopic (exact) mass is 356 g/mol. The number of nitrogens with one attached hydrogen (secondary N) is 1. The summed E-state index contributed by atoms with van der Waals surface area (Å²) in [5.74, 6) is 0.844. The quantitative estimate of drug-likeness (QED) is 0.794. The second-order valence-electron chi connectivity index (χ2n) is 6.89. The van der Waals surface area contributed by atoms with E-state index in [1.807, 2.05) is 22.8 Å². The Kier molecular flexibility index (Phi) is 6.74. The molecule has 0 radical (unpaired) electrons. The molecule has 1 aromatic heterocycles. The summed E-state index contributed by atoms with van der Waals surface area (Å²) in [6.07, 6.45) is 3.76. The molecule has 1 aliphatic heterocycles. The Bertz CT molecular complexity index is 686. The van der Waals surface area contributed by atoms with Crippen molar-refractivity contribution in [3.63, 3.8) is 0 Å². The van der Waals surface area contributed by atoms with Gasteiger partial charge in [0.1, 0.15) is 6.33 Å². The van der Waals surface area contributed by atoms with E-state index in [-0.39, 0.29) is 5.91 Å². The lowest BCUT2D eigenvalue weighted by atomic mass is 10.1. The smallest absolute Gasteiger partial charge is 0.234 e. The zero-order valence-corrected chi connectivity index (χ0v) is 15.5. The summed E-state index contributed by atoms with van der Waals surface area (Å²) in [6, 6.07) is 10.3. The Morgan fingerprint density at radius 1 is 1.15 bits per heavy atom. The van der Waals surface area contributed by atoms with Crippen LogP contribution in [0.15, 0.2) is 36.7 Å². The fraction of sp³-hybridized carbons (Fsp3) is 0.526. The van der Waals surface area contributed by atoms with Crippen LogP contribution in [-0.2, 0) is 24.3 Å². The van der Waals surface area contributed by atoms with Gasteiger partial charge in [-0.25, -0.2) is 0 Å². The molecule has 1 fully saturated rings. The molecule has 1 aliphatic rings. The minimum Gasteiger partial charge on any atom is -0.348 e. The van der Waals surface area contributed by atoms with E-state index in [0.29, 0.717) is 13.1 Å². The SMILES string of the molecule is CN1CCCN(CC(=O)NCc2nncn2CCc2ccccc2)CC1. The van der Waals surface area contributed by atoms with Gasteiger partial charge in [-0.3, -0.25) is 9.69 Å². The van der Waals surface area contributed by atoms with Crippen molar-refractivity contribution in [2.24, 2.45) is 0 Å². The van der Waals surface area contributed by atoms with E-state index in [4.69, 9.17) is 0 Å². The van der Waals surface area contributed by atoms with Gasteiger partial charge in [0.25, 0.3) is 0 Å². The van der Waals surface area contributed by atoms with Gasteiger partial charge in [-0.1, -0.05) is 30.3 Å². The van der Waals surface area contributed by atoms with Crippen molar-refractivity contribution in [3.8, 4) is 0 Å². The van der Waals surface area contributed by atoms with Crippen LogP contribution >= 0.6 is 0 Å². The summed E-state index contributed by atoms with van der Waals surface area (Å²) in [5, 5.41) is 11.1. The van der Waals surface area contributed by atoms with Crippen LogP contribution in [-0.4, -0.2) is 70.2 Å². The number of carbonyl (C=O) groups is 1. The largest absolute Gasteiger partial charge is 0.348 e. The lowest BCUT2D eigenvalue weighted by Gasteiger charge is -2.19. The Labute approximate surface area is 155 Å². The average Bonchev–Trinajstić information content (AvgIpc) is 3.01. The van der Waals surface area contributed by atoms with Gasteiger partial charge in [-0.15, -0.1) is 10.2 Å². The second kappa shape index (κ2) is 9.45. The van der Waals surface area contributed by atoms with Crippen LogP contribution in [0.3, 0.4) is 0 Å². The summed E-state index contributed by atoms with van der Waals surface area (Å²) in [6.45, 7) is 5.71. The highest BCUT2D eigenvalue weighted by Crippen LogP contribution is 2.04. The van der Waals surface area contributed by atoms with Crippen molar-refractivity contribution >= 4 is 5.91 Å². The summed E-state index contributed by atoms with van der Waals surface area (Å²) >= 11 is 0. The number of rotatable bonds is 7. The number of hydrogen-bond acceptors (Lipinski definition) is 5. The summed E-state index contributed by atoms with van der Waals surface area (Å²) in [5.41, 5.74) is 1.28. The molecule has 26 heavy (non-hydrogen) atoms. The molecule has 1 saturated heterocycles. The van der Waals surface area contributed by atoms with Gasteiger partial charge in [0.15, 0.2) is 5.82 Å². The summed E-state index contributed by atoms with van der Waals surface area (Å²) < 4.78 is 2.01. The highest BCUT2D eigenvalue weighted by molar-refractivity contribution is 5.77. The van der Waals surface area contributed by atoms with Gasteiger partial charge in [-0.2, -0.15) is 0 Å². The van der Waals surface area contributed by atoms with Crippen LogP contribution in [0.4, 0.5) is 0 Å². The Morgan fingerprint density at radius 3 is 2.85 bits per heavy atom. The fourth-order valence-electron chi connectivity index (χ4n) is 3.19. The third-order valence-corrected chi connectivity index (χ3v) is 4.80. The van der Waals surface area contributed by atoms with Crippen molar-refractivity contribution in [1.29, 1.82) is 0 Å². The Balaban J connectivity index is 1.44. The van der Waals surface area contributed by atoms with Gasteiger partial charge in [0.05, 0.1) is 13.1 Å². The third kappa shape index (κ3) is 5.64. The van der Waals surface area contributed by atoms with Crippen LogP contribution in [0.2, 0.25) is 0 Å². The van der Waals surface area contributed by atoms with E-state index in [9.17, 15) is 4.79 Å². The topological polar surface area (TPSA) is 66.3 Å². The van der Waals surface area contributed by atoms with E-state index in [1.54, 1.807) is 6.33 Å². The highest BCUT2D eigenvalue weighted by Gasteiger charge is 2.15. The minimum atomic E-state index is 0.0483. The molecule has 2 aromatic rings. The first-order valence-corrected chi connectivity index (χ1v) is 9.29. The van der Waals surface area contributed by atoms with Crippen LogP contribution in [0, 0.1) is 0 Å². The van der Waals surface area contributed by atoms with Crippen LogP contribution in [0.5, 0.6) is 0 Å². The molecule has 7 nitrogen and oxygen atoms in total. The van der Waals surface area contributed by atoms with Gasteiger partial charge in [0.2, 0.25) is 5.91 Å². The predicted molar refractivity (Wildman–Crippen MR) is 101 cm³/mol. The van der Waals surface area contributed by atoms with E-state index >= 15 is 0 Å². The number of amides is 1.